The molecule has 0 aromatic heterocycles. The van der Waals surface area contributed by atoms with Gasteiger partial charge in [0.15, 0.2) is 0 Å². The SMILES string of the molecule is CCOC(CC(=O)C(C)(C)Cc1ccc2ccccc2c1)=NC(=O)O. The summed E-state index contributed by atoms with van der Waals surface area (Å²) in [6.45, 7) is 5.70. The Morgan fingerprint density at radius 1 is 1.12 bits per heavy atom. The van der Waals surface area contributed by atoms with Crippen LogP contribution in [0.25, 0.3) is 10.8 Å². The summed E-state index contributed by atoms with van der Waals surface area (Å²) >= 11 is 0. The first-order chi connectivity index (χ1) is 11.8. The van der Waals surface area contributed by atoms with Crippen LogP contribution in [0.3, 0.4) is 0 Å². The molecule has 0 aliphatic rings. The lowest BCUT2D eigenvalue weighted by Crippen LogP contribution is -2.29. The summed E-state index contributed by atoms with van der Waals surface area (Å²) in [7, 11) is 0. The molecule has 1 N–H and O–H groups in total. The minimum absolute atomic E-state index is 0.0495. The molecule has 5 nitrogen and oxygen atoms in total. The number of ether oxygens (including phenoxy) is 1. The van der Waals surface area contributed by atoms with Gasteiger partial charge >= 0.3 is 6.09 Å². The van der Waals surface area contributed by atoms with Crippen LogP contribution in [-0.2, 0) is 16.0 Å². The van der Waals surface area contributed by atoms with Gasteiger partial charge in [0, 0.05) is 5.41 Å². The average molecular weight is 341 g/mol. The van der Waals surface area contributed by atoms with Crippen molar-refractivity contribution in [3.63, 3.8) is 0 Å². The van der Waals surface area contributed by atoms with Crippen molar-refractivity contribution in [3.05, 3.63) is 48.0 Å². The van der Waals surface area contributed by atoms with E-state index in [1.54, 1.807) is 6.92 Å². The molecular weight excluding hydrogens is 318 g/mol. The summed E-state index contributed by atoms with van der Waals surface area (Å²) < 4.78 is 5.17. The lowest BCUT2D eigenvalue weighted by atomic mass is 9.80. The van der Waals surface area contributed by atoms with Crippen molar-refractivity contribution in [1.82, 2.24) is 0 Å². The number of ketones is 1. The number of Topliss-reactive ketones (excluding diaryl/α,β-unsaturated/α-hetero) is 1. The highest BCUT2D eigenvalue weighted by Gasteiger charge is 2.29. The Morgan fingerprint density at radius 3 is 2.44 bits per heavy atom. The molecule has 132 valence electrons. The lowest BCUT2D eigenvalue weighted by molar-refractivity contribution is -0.126. The standard InChI is InChI=1S/C20H23NO4/c1-4-25-18(21-19(23)24)12-17(22)20(2,3)13-14-9-10-15-7-5-6-8-16(15)11-14/h5-11H,4,12-13H2,1-3H3,(H,23,24). The minimum atomic E-state index is -1.36. The van der Waals surface area contributed by atoms with Crippen LogP contribution in [0.2, 0.25) is 0 Å². The van der Waals surface area contributed by atoms with E-state index >= 15 is 0 Å². The molecule has 0 unspecified atom stereocenters. The number of carbonyl (C=O) groups is 2. The Bertz CT molecular complexity index is 808. The number of aliphatic imine (C=N–C) groups is 1. The fraction of sp³-hybridized carbons (Fsp3) is 0.350. The maximum Gasteiger partial charge on any atom is 0.434 e. The number of carbonyl (C=O) groups excluding carboxylic acids is 1. The first-order valence-corrected chi connectivity index (χ1v) is 8.26. The molecule has 0 aliphatic carbocycles. The van der Waals surface area contributed by atoms with Crippen molar-refractivity contribution in [1.29, 1.82) is 0 Å². The van der Waals surface area contributed by atoms with Gasteiger partial charge in [0.05, 0.1) is 13.0 Å². The minimum Gasteiger partial charge on any atom is -0.481 e. The number of benzene rings is 2. The maximum absolute atomic E-state index is 12.6. The van der Waals surface area contributed by atoms with Crippen LogP contribution >= 0.6 is 0 Å². The molecule has 0 atom stereocenters. The largest absolute Gasteiger partial charge is 0.481 e. The van der Waals surface area contributed by atoms with E-state index in [0.29, 0.717) is 6.42 Å². The monoisotopic (exact) mass is 341 g/mol. The fourth-order valence-electron chi connectivity index (χ4n) is 2.73. The zero-order valence-corrected chi connectivity index (χ0v) is 14.8. The zero-order valence-electron chi connectivity index (χ0n) is 14.8. The molecule has 0 saturated carbocycles. The van der Waals surface area contributed by atoms with Crippen LogP contribution in [0.1, 0.15) is 32.8 Å². The number of fused-ring (bicyclic) bond motifs is 1. The molecule has 0 bridgehead atoms. The smallest absolute Gasteiger partial charge is 0.434 e. The third-order valence-corrected chi connectivity index (χ3v) is 4.06. The molecule has 5 heteroatoms. The molecule has 0 aliphatic heterocycles. The second kappa shape index (κ2) is 7.92. The zero-order chi connectivity index (χ0) is 18.4. The fourth-order valence-corrected chi connectivity index (χ4v) is 2.73. The van der Waals surface area contributed by atoms with Gasteiger partial charge in [-0.1, -0.05) is 56.3 Å². The number of hydrogen-bond acceptors (Lipinski definition) is 3. The first kappa shape index (κ1) is 18.6. The summed E-state index contributed by atoms with van der Waals surface area (Å²) in [4.78, 5) is 26.8. The van der Waals surface area contributed by atoms with Gasteiger partial charge in [0.1, 0.15) is 5.78 Å². The Morgan fingerprint density at radius 2 is 1.80 bits per heavy atom. The van der Waals surface area contributed by atoms with Gasteiger partial charge in [-0.3, -0.25) is 4.79 Å². The van der Waals surface area contributed by atoms with E-state index in [9.17, 15) is 9.59 Å². The van der Waals surface area contributed by atoms with Gasteiger partial charge in [-0.15, -0.1) is 4.99 Å². The van der Waals surface area contributed by atoms with Gasteiger partial charge < -0.3 is 9.84 Å². The van der Waals surface area contributed by atoms with Crippen LogP contribution in [-0.4, -0.2) is 29.5 Å². The topological polar surface area (TPSA) is 76.0 Å². The first-order valence-electron chi connectivity index (χ1n) is 8.26. The predicted molar refractivity (Wildman–Crippen MR) is 98.1 cm³/mol. The average Bonchev–Trinajstić information content (AvgIpc) is 2.54. The van der Waals surface area contributed by atoms with Crippen molar-refractivity contribution in [3.8, 4) is 0 Å². The molecule has 0 heterocycles. The number of carboxylic acid groups (broad SMARTS) is 1. The van der Waals surface area contributed by atoms with Crippen LogP contribution < -0.4 is 0 Å². The van der Waals surface area contributed by atoms with Gasteiger partial charge in [0.25, 0.3) is 0 Å². The maximum atomic E-state index is 12.6. The molecular formula is C20H23NO4. The Labute approximate surface area is 147 Å². The van der Waals surface area contributed by atoms with E-state index in [4.69, 9.17) is 9.84 Å². The molecule has 2 aromatic carbocycles. The lowest BCUT2D eigenvalue weighted by Gasteiger charge is -2.23. The van der Waals surface area contributed by atoms with Gasteiger partial charge in [-0.05, 0) is 29.7 Å². The second-order valence-corrected chi connectivity index (χ2v) is 6.56. The van der Waals surface area contributed by atoms with E-state index in [-0.39, 0.29) is 24.7 Å². The summed E-state index contributed by atoms with van der Waals surface area (Å²) in [5, 5.41) is 11.1. The molecule has 0 radical (unpaired) electrons. The normalized spacial score (nSPS) is 12.2. The summed E-state index contributed by atoms with van der Waals surface area (Å²) in [5.74, 6) is -0.152. The highest BCUT2D eigenvalue weighted by molar-refractivity contribution is 6.03. The van der Waals surface area contributed by atoms with Crippen LogP contribution in [0, 0.1) is 5.41 Å². The Hall–Kier alpha value is -2.69. The van der Waals surface area contributed by atoms with E-state index in [0.717, 1.165) is 16.3 Å². The summed E-state index contributed by atoms with van der Waals surface area (Å²) in [6, 6.07) is 14.2. The van der Waals surface area contributed by atoms with E-state index < -0.39 is 11.5 Å². The van der Waals surface area contributed by atoms with Crippen LogP contribution in [0.4, 0.5) is 4.79 Å². The van der Waals surface area contributed by atoms with Crippen molar-refractivity contribution in [2.45, 2.75) is 33.6 Å². The molecule has 2 rings (SSSR count). The van der Waals surface area contributed by atoms with Crippen molar-refractivity contribution in [2.75, 3.05) is 6.61 Å². The Kier molecular flexibility index (Phi) is 5.91. The third-order valence-electron chi connectivity index (χ3n) is 4.06. The Balaban J connectivity index is 2.15. The van der Waals surface area contributed by atoms with Gasteiger partial charge in [0.2, 0.25) is 5.90 Å². The van der Waals surface area contributed by atoms with Crippen molar-refractivity contribution in [2.24, 2.45) is 10.4 Å². The van der Waals surface area contributed by atoms with Crippen molar-refractivity contribution >= 4 is 28.5 Å². The predicted octanol–water partition coefficient (Wildman–Crippen LogP) is 4.48. The molecule has 0 fully saturated rings. The number of amides is 1. The molecule has 1 amide bonds. The number of nitrogens with zero attached hydrogens (tertiary/aromatic N) is 1. The van der Waals surface area contributed by atoms with Crippen LogP contribution in [0.15, 0.2) is 47.5 Å². The molecule has 0 saturated heterocycles. The summed E-state index contributed by atoms with van der Waals surface area (Å²) in [6.07, 6.45) is -0.923. The quantitative estimate of drug-likeness (QED) is 0.621. The van der Waals surface area contributed by atoms with E-state index in [1.807, 2.05) is 50.2 Å². The number of rotatable bonds is 6. The highest BCUT2D eigenvalue weighted by atomic mass is 16.5. The van der Waals surface area contributed by atoms with Gasteiger partial charge in [-0.2, -0.15) is 0 Å². The van der Waals surface area contributed by atoms with Gasteiger partial charge in [-0.25, -0.2) is 4.79 Å². The van der Waals surface area contributed by atoms with E-state index in [2.05, 4.69) is 11.1 Å². The number of hydrogen-bond donors (Lipinski definition) is 1. The molecule has 2 aromatic rings. The third kappa shape index (κ3) is 5.14. The summed E-state index contributed by atoms with van der Waals surface area (Å²) in [5.41, 5.74) is 0.406. The van der Waals surface area contributed by atoms with Crippen LogP contribution in [0.5, 0.6) is 0 Å². The second-order valence-electron chi connectivity index (χ2n) is 6.56. The molecule has 0 spiro atoms. The molecule has 25 heavy (non-hydrogen) atoms. The van der Waals surface area contributed by atoms with E-state index in [1.165, 1.54) is 0 Å². The highest BCUT2D eigenvalue weighted by Crippen LogP contribution is 2.27. The van der Waals surface area contributed by atoms with Crippen molar-refractivity contribution < 1.29 is 19.4 Å².